The highest BCUT2D eigenvalue weighted by molar-refractivity contribution is 5.79. The Bertz CT molecular complexity index is 985. The van der Waals surface area contributed by atoms with Gasteiger partial charge in [0.2, 0.25) is 5.91 Å². The van der Waals surface area contributed by atoms with E-state index in [1.807, 2.05) is 11.0 Å². The van der Waals surface area contributed by atoms with E-state index in [0.29, 0.717) is 17.6 Å². The van der Waals surface area contributed by atoms with Gasteiger partial charge in [0.1, 0.15) is 5.65 Å². The van der Waals surface area contributed by atoms with E-state index in [4.69, 9.17) is 0 Å². The maximum atomic E-state index is 12.6. The third-order valence-electron chi connectivity index (χ3n) is 5.95. The van der Waals surface area contributed by atoms with Crippen LogP contribution in [0, 0.1) is 5.92 Å². The summed E-state index contributed by atoms with van der Waals surface area (Å²) in [5.74, 6) is 0.637. The predicted molar refractivity (Wildman–Crippen MR) is 98.1 cm³/mol. The molecule has 138 valence electrons. The van der Waals surface area contributed by atoms with Gasteiger partial charge in [-0.3, -0.25) is 18.7 Å². The van der Waals surface area contributed by atoms with Crippen LogP contribution in [0.5, 0.6) is 0 Å². The van der Waals surface area contributed by atoms with E-state index in [1.54, 1.807) is 13.1 Å². The minimum Gasteiger partial charge on any atom is -0.342 e. The Hall–Kier alpha value is -2.44. The Morgan fingerprint density at radius 1 is 1.08 bits per heavy atom. The molecule has 26 heavy (non-hydrogen) atoms. The quantitative estimate of drug-likeness (QED) is 0.808. The van der Waals surface area contributed by atoms with Gasteiger partial charge >= 0.3 is 5.69 Å². The predicted octanol–water partition coefficient (Wildman–Crippen LogP) is 1.14. The topological polar surface area (TPSA) is 77.2 Å². The van der Waals surface area contributed by atoms with Gasteiger partial charge in [-0.1, -0.05) is 12.8 Å². The standard InChI is InChI=1S/C19H24N4O3/c1-21-16-14(18(25)22(2)19(21)26)7-8-15(20-16)13-9-10-23(11-13)17(24)12-5-3-4-6-12/h7-8,12-13H,3-6,9-11H2,1-2H3. The van der Waals surface area contributed by atoms with E-state index < -0.39 is 0 Å². The van der Waals surface area contributed by atoms with E-state index in [1.165, 1.54) is 11.6 Å². The van der Waals surface area contributed by atoms with Crippen molar-refractivity contribution in [3.05, 3.63) is 38.7 Å². The summed E-state index contributed by atoms with van der Waals surface area (Å²) in [5, 5.41) is 0.440. The van der Waals surface area contributed by atoms with Crippen molar-refractivity contribution >= 4 is 16.9 Å². The lowest BCUT2D eigenvalue weighted by molar-refractivity contribution is -0.134. The van der Waals surface area contributed by atoms with E-state index in [-0.39, 0.29) is 29.0 Å². The molecule has 1 aliphatic heterocycles. The molecule has 4 rings (SSSR count). The lowest BCUT2D eigenvalue weighted by Crippen LogP contribution is -2.37. The van der Waals surface area contributed by atoms with E-state index in [2.05, 4.69) is 4.98 Å². The first-order valence-corrected chi connectivity index (χ1v) is 9.33. The summed E-state index contributed by atoms with van der Waals surface area (Å²) in [4.78, 5) is 43.7. The van der Waals surface area contributed by atoms with Crippen molar-refractivity contribution < 1.29 is 4.79 Å². The molecule has 7 heteroatoms. The molecule has 1 unspecified atom stereocenters. The average molecular weight is 356 g/mol. The van der Waals surface area contributed by atoms with Gasteiger partial charge in [-0.25, -0.2) is 9.78 Å². The van der Waals surface area contributed by atoms with Crippen LogP contribution in [0.2, 0.25) is 0 Å². The molecule has 0 N–H and O–H groups in total. The SMILES string of the molecule is Cn1c(=O)c2ccc(C3CCN(C(=O)C4CCCC4)C3)nc2n(C)c1=O. The summed E-state index contributed by atoms with van der Waals surface area (Å²) < 4.78 is 2.51. The molecular weight excluding hydrogens is 332 g/mol. The Morgan fingerprint density at radius 3 is 2.54 bits per heavy atom. The number of nitrogens with zero attached hydrogens (tertiary/aromatic N) is 4. The normalized spacial score (nSPS) is 21.0. The van der Waals surface area contributed by atoms with Gasteiger partial charge in [-0.2, -0.15) is 0 Å². The summed E-state index contributed by atoms with van der Waals surface area (Å²) in [6.07, 6.45) is 5.21. The van der Waals surface area contributed by atoms with Gasteiger partial charge in [0, 0.05) is 44.7 Å². The fourth-order valence-electron chi connectivity index (χ4n) is 4.33. The number of pyridine rings is 1. The molecule has 1 atom stereocenters. The van der Waals surface area contributed by atoms with Crippen LogP contribution < -0.4 is 11.2 Å². The van der Waals surface area contributed by atoms with Crippen molar-refractivity contribution in [1.82, 2.24) is 19.0 Å². The van der Waals surface area contributed by atoms with Crippen molar-refractivity contribution in [2.75, 3.05) is 13.1 Å². The Labute approximate surface area is 151 Å². The highest BCUT2D eigenvalue weighted by Crippen LogP contribution is 2.31. The number of rotatable bonds is 2. The molecule has 1 amide bonds. The lowest BCUT2D eigenvalue weighted by atomic mass is 10.0. The third kappa shape index (κ3) is 2.66. The zero-order valence-electron chi connectivity index (χ0n) is 15.3. The minimum atomic E-state index is -0.378. The first kappa shape index (κ1) is 17.0. The van der Waals surface area contributed by atoms with Crippen LogP contribution in [0.1, 0.15) is 43.7 Å². The minimum absolute atomic E-state index is 0.156. The molecule has 2 fully saturated rings. The van der Waals surface area contributed by atoms with Gasteiger partial charge in [0.25, 0.3) is 5.56 Å². The van der Waals surface area contributed by atoms with Crippen LogP contribution in [-0.4, -0.2) is 38.0 Å². The zero-order chi connectivity index (χ0) is 18.4. The van der Waals surface area contributed by atoms with Crippen LogP contribution in [0.25, 0.3) is 11.0 Å². The van der Waals surface area contributed by atoms with Crippen LogP contribution in [0.3, 0.4) is 0 Å². The van der Waals surface area contributed by atoms with Crippen molar-refractivity contribution in [3.8, 4) is 0 Å². The molecule has 2 aromatic heterocycles. The number of fused-ring (bicyclic) bond motifs is 1. The van der Waals surface area contributed by atoms with Gasteiger partial charge in [0.05, 0.1) is 5.39 Å². The molecule has 0 spiro atoms. The highest BCUT2D eigenvalue weighted by Gasteiger charge is 2.33. The van der Waals surface area contributed by atoms with Crippen LogP contribution >= 0.6 is 0 Å². The number of aromatic nitrogens is 3. The molecule has 1 aliphatic carbocycles. The lowest BCUT2D eigenvalue weighted by Gasteiger charge is -2.20. The molecule has 7 nitrogen and oxygen atoms in total. The van der Waals surface area contributed by atoms with Gasteiger partial charge < -0.3 is 4.90 Å². The van der Waals surface area contributed by atoms with Crippen LogP contribution in [-0.2, 0) is 18.9 Å². The number of likely N-dealkylation sites (tertiary alicyclic amines) is 1. The smallest absolute Gasteiger partial charge is 0.332 e. The first-order valence-electron chi connectivity index (χ1n) is 9.33. The molecule has 0 aromatic carbocycles. The Balaban J connectivity index is 1.63. The molecule has 0 bridgehead atoms. The van der Waals surface area contributed by atoms with Gasteiger partial charge in [0.15, 0.2) is 0 Å². The maximum Gasteiger partial charge on any atom is 0.332 e. The van der Waals surface area contributed by atoms with Crippen LogP contribution in [0.15, 0.2) is 21.7 Å². The number of aryl methyl sites for hydroxylation is 1. The summed E-state index contributed by atoms with van der Waals surface area (Å²) >= 11 is 0. The summed E-state index contributed by atoms with van der Waals surface area (Å²) in [7, 11) is 3.10. The number of hydrogen-bond acceptors (Lipinski definition) is 4. The molecule has 1 saturated heterocycles. The van der Waals surface area contributed by atoms with Crippen molar-refractivity contribution in [3.63, 3.8) is 0 Å². The molecule has 2 aliphatic rings. The third-order valence-corrected chi connectivity index (χ3v) is 5.95. The van der Waals surface area contributed by atoms with Gasteiger partial charge in [-0.15, -0.1) is 0 Å². The van der Waals surface area contributed by atoms with Crippen molar-refractivity contribution in [2.24, 2.45) is 20.0 Å². The fourth-order valence-corrected chi connectivity index (χ4v) is 4.33. The second kappa shape index (κ2) is 6.37. The molecular formula is C19H24N4O3. The second-order valence-corrected chi connectivity index (χ2v) is 7.56. The van der Waals surface area contributed by atoms with E-state index in [9.17, 15) is 14.4 Å². The molecule has 3 heterocycles. The molecule has 1 saturated carbocycles. The largest absolute Gasteiger partial charge is 0.342 e. The Morgan fingerprint density at radius 2 is 1.81 bits per heavy atom. The maximum absolute atomic E-state index is 12.6. The Kier molecular flexibility index (Phi) is 4.17. The van der Waals surface area contributed by atoms with Gasteiger partial charge in [-0.05, 0) is 31.4 Å². The average Bonchev–Trinajstić information content (AvgIpc) is 3.35. The number of hydrogen-bond donors (Lipinski definition) is 0. The van der Waals surface area contributed by atoms with Crippen molar-refractivity contribution in [2.45, 2.75) is 38.0 Å². The van der Waals surface area contributed by atoms with Crippen molar-refractivity contribution in [1.29, 1.82) is 0 Å². The second-order valence-electron chi connectivity index (χ2n) is 7.56. The fraction of sp³-hybridized carbons (Fsp3) is 0.579. The van der Waals surface area contributed by atoms with E-state index in [0.717, 1.165) is 48.9 Å². The zero-order valence-corrected chi connectivity index (χ0v) is 15.3. The monoisotopic (exact) mass is 356 g/mol. The first-order chi connectivity index (χ1) is 12.5. The molecule has 2 aromatic rings. The number of amides is 1. The number of carbonyl (C=O) groups excluding carboxylic acids is 1. The summed E-state index contributed by atoms with van der Waals surface area (Å²) in [6, 6.07) is 3.61. The van der Waals surface area contributed by atoms with Crippen LogP contribution in [0.4, 0.5) is 0 Å². The molecule has 0 radical (unpaired) electrons. The van der Waals surface area contributed by atoms with E-state index >= 15 is 0 Å². The summed E-state index contributed by atoms with van der Waals surface area (Å²) in [5.41, 5.74) is 0.557. The summed E-state index contributed by atoms with van der Waals surface area (Å²) in [6.45, 7) is 1.43. The number of carbonyl (C=O) groups is 1. The highest BCUT2D eigenvalue weighted by atomic mass is 16.2.